The zero-order valence-electron chi connectivity index (χ0n) is 11.2. The molecule has 5 heteroatoms. The molecule has 2 unspecified atom stereocenters. The fraction of sp³-hybridized carbons (Fsp3) is 0.500. The first kappa shape index (κ1) is 14.2. The van der Waals surface area contributed by atoms with Gasteiger partial charge in [0.15, 0.2) is 0 Å². The summed E-state index contributed by atoms with van der Waals surface area (Å²) in [4.78, 5) is 13.9. The van der Waals surface area contributed by atoms with E-state index in [9.17, 15) is 9.90 Å². The number of halogens is 1. The molecule has 0 spiro atoms. The zero-order valence-corrected chi connectivity index (χ0v) is 11.9. The molecule has 1 aliphatic heterocycles. The maximum atomic E-state index is 11.7. The minimum atomic E-state index is -0.889. The van der Waals surface area contributed by atoms with Gasteiger partial charge in [0.2, 0.25) is 0 Å². The minimum Gasteiger partial charge on any atom is -0.480 e. The van der Waals surface area contributed by atoms with Crippen molar-refractivity contribution in [3.63, 3.8) is 0 Å². The molecule has 1 aliphatic rings. The van der Waals surface area contributed by atoms with E-state index < -0.39 is 11.5 Å². The fourth-order valence-corrected chi connectivity index (χ4v) is 2.65. The first-order chi connectivity index (χ1) is 8.93. The number of rotatable bonds is 3. The molecule has 0 saturated carbocycles. The van der Waals surface area contributed by atoms with Gasteiger partial charge in [0.1, 0.15) is 5.54 Å². The van der Waals surface area contributed by atoms with Crippen molar-refractivity contribution in [2.24, 2.45) is 0 Å². The highest BCUT2D eigenvalue weighted by atomic mass is 35.5. The number of carboxylic acids is 1. The highest BCUT2D eigenvalue weighted by Gasteiger charge is 2.43. The van der Waals surface area contributed by atoms with Crippen LogP contribution < -0.4 is 5.32 Å². The van der Waals surface area contributed by atoms with E-state index in [1.165, 1.54) is 0 Å². The van der Waals surface area contributed by atoms with Crippen molar-refractivity contribution in [3.05, 3.63) is 29.3 Å². The number of aliphatic carboxylic acids is 1. The van der Waals surface area contributed by atoms with Crippen molar-refractivity contribution >= 4 is 23.3 Å². The van der Waals surface area contributed by atoms with Crippen LogP contribution in [0.4, 0.5) is 5.69 Å². The number of nitrogens with zero attached hydrogens (tertiary/aromatic N) is 1. The van der Waals surface area contributed by atoms with Gasteiger partial charge in [-0.2, -0.15) is 0 Å². The molecule has 2 atom stereocenters. The molecule has 1 fully saturated rings. The molecule has 0 bridgehead atoms. The van der Waals surface area contributed by atoms with E-state index >= 15 is 0 Å². The summed E-state index contributed by atoms with van der Waals surface area (Å²) >= 11 is 5.84. The maximum Gasteiger partial charge on any atom is 0.329 e. The van der Waals surface area contributed by atoms with Crippen LogP contribution in [0.15, 0.2) is 24.3 Å². The average molecular weight is 283 g/mol. The SMILES string of the molecule is CC1CC(Nc2ccc(Cl)cc2)(C(=O)O)CCN1C. The van der Waals surface area contributed by atoms with Crippen LogP contribution in [0.5, 0.6) is 0 Å². The molecule has 1 aromatic rings. The standard InChI is InChI=1S/C14H19ClN2O2/c1-10-9-14(13(18)19,7-8-17(10)2)16-12-5-3-11(15)4-6-12/h3-6,10,16H,7-9H2,1-2H3,(H,18,19). The van der Waals surface area contributed by atoms with E-state index in [1.54, 1.807) is 12.1 Å². The first-order valence-corrected chi connectivity index (χ1v) is 6.78. The van der Waals surface area contributed by atoms with E-state index in [1.807, 2.05) is 19.2 Å². The summed E-state index contributed by atoms with van der Waals surface area (Å²) in [6, 6.07) is 7.39. The summed E-state index contributed by atoms with van der Waals surface area (Å²) in [7, 11) is 2.03. The molecule has 0 amide bonds. The van der Waals surface area contributed by atoms with Gasteiger partial charge in [-0.3, -0.25) is 0 Å². The third-order valence-electron chi connectivity index (χ3n) is 3.92. The average Bonchev–Trinajstić information content (AvgIpc) is 2.37. The summed E-state index contributed by atoms with van der Waals surface area (Å²) in [6.07, 6.45) is 1.17. The highest BCUT2D eigenvalue weighted by Crippen LogP contribution is 2.30. The molecule has 0 radical (unpaired) electrons. The fourth-order valence-electron chi connectivity index (χ4n) is 2.52. The van der Waals surface area contributed by atoms with Crippen LogP contribution in [-0.2, 0) is 4.79 Å². The normalized spacial score (nSPS) is 28.1. The Balaban J connectivity index is 2.21. The Hall–Kier alpha value is -1.26. The van der Waals surface area contributed by atoms with Gasteiger partial charge in [-0.25, -0.2) is 4.79 Å². The number of benzene rings is 1. The maximum absolute atomic E-state index is 11.7. The summed E-state index contributed by atoms with van der Waals surface area (Å²) in [5, 5.41) is 13.4. The summed E-state index contributed by atoms with van der Waals surface area (Å²) in [5.41, 5.74) is -0.0942. The number of piperidine rings is 1. The van der Waals surface area contributed by atoms with Gasteiger partial charge in [0.25, 0.3) is 0 Å². The van der Waals surface area contributed by atoms with Crippen LogP contribution in [0.1, 0.15) is 19.8 Å². The van der Waals surface area contributed by atoms with E-state index in [2.05, 4.69) is 17.1 Å². The number of likely N-dealkylation sites (tertiary alicyclic amines) is 1. The summed E-state index contributed by atoms with van der Waals surface area (Å²) in [6.45, 7) is 2.83. The summed E-state index contributed by atoms with van der Waals surface area (Å²) in [5.74, 6) is -0.789. The van der Waals surface area contributed by atoms with Gasteiger partial charge >= 0.3 is 5.97 Å². The largest absolute Gasteiger partial charge is 0.480 e. The second kappa shape index (κ2) is 5.39. The Bertz CT molecular complexity index is 463. The molecule has 4 nitrogen and oxygen atoms in total. The second-order valence-corrected chi connectivity index (χ2v) is 5.74. The molecular formula is C14H19ClN2O2. The number of carboxylic acid groups (broad SMARTS) is 1. The van der Waals surface area contributed by atoms with Crippen molar-refractivity contribution in [1.29, 1.82) is 0 Å². The lowest BCUT2D eigenvalue weighted by Crippen LogP contribution is -2.56. The second-order valence-electron chi connectivity index (χ2n) is 5.30. The predicted molar refractivity (Wildman–Crippen MR) is 76.8 cm³/mol. The van der Waals surface area contributed by atoms with E-state index in [-0.39, 0.29) is 6.04 Å². The Morgan fingerprint density at radius 2 is 2.11 bits per heavy atom. The third-order valence-corrected chi connectivity index (χ3v) is 4.18. The van der Waals surface area contributed by atoms with Crippen LogP contribution in [0.3, 0.4) is 0 Å². The Labute approximate surface area is 118 Å². The van der Waals surface area contributed by atoms with E-state index in [0.717, 1.165) is 12.2 Å². The molecule has 2 rings (SSSR count). The molecule has 0 aromatic heterocycles. The Morgan fingerprint density at radius 1 is 1.47 bits per heavy atom. The highest BCUT2D eigenvalue weighted by molar-refractivity contribution is 6.30. The molecule has 19 heavy (non-hydrogen) atoms. The third kappa shape index (κ3) is 3.01. The van der Waals surface area contributed by atoms with Crippen molar-refractivity contribution in [2.75, 3.05) is 18.9 Å². The van der Waals surface area contributed by atoms with Crippen molar-refractivity contribution < 1.29 is 9.90 Å². The lowest BCUT2D eigenvalue weighted by molar-refractivity contribution is -0.144. The number of hydrogen-bond acceptors (Lipinski definition) is 3. The molecule has 0 aliphatic carbocycles. The number of nitrogens with one attached hydrogen (secondary N) is 1. The van der Waals surface area contributed by atoms with E-state index in [4.69, 9.17) is 11.6 Å². The molecule has 1 aromatic carbocycles. The molecule has 1 heterocycles. The number of carbonyl (C=O) groups is 1. The monoisotopic (exact) mass is 282 g/mol. The van der Waals surface area contributed by atoms with E-state index in [0.29, 0.717) is 17.9 Å². The first-order valence-electron chi connectivity index (χ1n) is 6.40. The van der Waals surface area contributed by atoms with Crippen LogP contribution >= 0.6 is 11.6 Å². The lowest BCUT2D eigenvalue weighted by atomic mass is 9.83. The smallest absolute Gasteiger partial charge is 0.329 e. The molecular weight excluding hydrogens is 264 g/mol. The topological polar surface area (TPSA) is 52.6 Å². The lowest BCUT2D eigenvalue weighted by Gasteiger charge is -2.42. The van der Waals surface area contributed by atoms with Gasteiger partial charge in [0, 0.05) is 23.3 Å². The molecule has 1 saturated heterocycles. The van der Waals surface area contributed by atoms with Crippen molar-refractivity contribution in [2.45, 2.75) is 31.3 Å². The van der Waals surface area contributed by atoms with Gasteiger partial charge in [-0.1, -0.05) is 11.6 Å². The van der Waals surface area contributed by atoms with Gasteiger partial charge < -0.3 is 15.3 Å². The van der Waals surface area contributed by atoms with Crippen LogP contribution in [0.2, 0.25) is 5.02 Å². The van der Waals surface area contributed by atoms with Crippen LogP contribution in [0.25, 0.3) is 0 Å². The Morgan fingerprint density at radius 3 is 2.63 bits per heavy atom. The van der Waals surface area contributed by atoms with Crippen molar-refractivity contribution in [1.82, 2.24) is 4.90 Å². The van der Waals surface area contributed by atoms with Gasteiger partial charge in [0.05, 0.1) is 0 Å². The minimum absolute atomic E-state index is 0.240. The zero-order chi connectivity index (χ0) is 14.0. The number of hydrogen-bond donors (Lipinski definition) is 2. The van der Waals surface area contributed by atoms with Gasteiger partial charge in [-0.15, -0.1) is 0 Å². The van der Waals surface area contributed by atoms with Crippen molar-refractivity contribution in [3.8, 4) is 0 Å². The number of anilines is 1. The quantitative estimate of drug-likeness (QED) is 0.895. The van der Waals surface area contributed by atoms with Gasteiger partial charge in [-0.05, 0) is 51.1 Å². The molecule has 2 N–H and O–H groups in total. The molecule has 104 valence electrons. The Kier molecular flexibility index (Phi) is 4.02. The van der Waals surface area contributed by atoms with Crippen LogP contribution in [0, 0.1) is 0 Å². The summed E-state index contributed by atoms with van der Waals surface area (Å²) < 4.78 is 0. The van der Waals surface area contributed by atoms with Crippen LogP contribution in [-0.4, -0.2) is 41.1 Å². The predicted octanol–water partition coefficient (Wildman–Crippen LogP) is 2.69.